The van der Waals surface area contributed by atoms with Crippen LogP contribution in [0.25, 0.3) is 5.57 Å². The minimum Gasteiger partial charge on any atom is -0.508 e. The van der Waals surface area contributed by atoms with Gasteiger partial charge in [-0.1, -0.05) is 103 Å². The summed E-state index contributed by atoms with van der Waals surface area (Å²) in [6.45, 7) is 17.0. The minimum atomic E-state index is -0.239. The summed E-state index contributed by atoms with van der Waals surface area (Å²) in [6, 6.07) is 11.1. The fourth-order valence-electron chi connectivity index (χ4n) is 3.47. The van der Waals surface area contributed by atoms with Gasteiger partial charge in [-0.15, -0.1) is 11.3 Å². The fraction of sp³-hybridized carbons (Fsp3) is 0.472. The molecule has 1 aromatic carbocycles. The number of phenols is 1. The number of carbonyl (C=O) groups excluding carboxylic acids is 1. The number of carbonyl (C=O) groups is 1. The van der Waals surface area contributed by atoms with Gasteiger partial charge >= 0.3 is 5.97 Å². The Bertz CT molecular complexity index is 963. The molecule has 5 nitrogen and oxygen atoms in total. The third-order valence-corrected chi connectivity index (χ3v) is 7.09. The van der Waals surface area contributed by atoms with Crippen LogP contribution in [0, 0.1) is 5.92 Å². The zero-order chi connectivity index (χ0) is 33.3. The third-order valence-electron chi connectivity index (χ3n) is 5.84. The highest BCUT2D eigenvalue weighted by atomic mass is 32.1. The summed E-state index contributed by atoms with van der Waals surface area (Å²) in [4.78, 5) is 14.1. The Morgan fingerprint density at radius 3 is 2.12 bits per heavy atom. The number of benzene rings is 1. The molecule has 0 saturated heterocycles. The summed E-state index contributed by atoms with van der Waals surface area (Å²) < 4.78 is 4.54. The van der Waals surface area contributed by atoms with Crippen LogP contribution in [0.3, 0.4) is 0 Å². The van der Waals surface area contributed by atoms with Crippen molar-refractivity contribution in [3.63, 3.8) is 0 Å². The van der Waals surface area contributed by atoms with E-state index in [1.165, 1.54) is 51.1 Å². The molecule has 0 spiro atoms. The van der Waals surface area contributed by atoms with Crippen LogP contribution in [-0.4, -0.2) is 30.1 Å². The second-order valence-corrected chi connectivity index (χ2v) is 10.5. The van der Waals surface area contributed by atoms with E-state index in [0.29, 0.717) is 5.75 Å². The van der Waals surface area contributed by atoms with Crippen LogP contribution in [0.4, 0.5) is 0 Å². The van der Waals surface area contributed by atoms with Gasteiger partial charge in [0.05, 0.1) is 20.1 Å². The summed E-state index contributed by atoms with van der Waals surface area (Å²) in [5.41, 5.74) is 6.67. The van der Waals surface area contributed by atoms with Crippen LogP contribution >= 0.6 is 24.0 Å². The molecule has 1 fully saturated rings. The lowest BCUT2D eigenvalue weighted by Gasteiger charge is -2.15. The van der Waals surface area contributed by atoms with Crippen molar-refractivity contribution in [2.75, 3.05) is 14.2 Å². The molecule has 0 amide bonds. The summed E-state index contributed by atoms with van der Waals surface area (Å²) >= 11 is 5.72. The molecule has 1 aromatic heterocycles. The number of thiophene rings is 1. The lowest BCUT2D eigenvalue weighted by Crippen LogP contribution is -2.07. The van der Waals surface area contributed by atoms with Gasteiger partial charge in [-0.3, -0.25) is 4.79 Å². The molecule has 1 saturated carbocycles. The van der Waals surface area contributed by atoms with E-state index in [4.69, 9.17) is 5.11 Å². The van der Waals surface area contributed by atoms with Gasteiger partial charge in [0.25, 0.3) is 0 Å². The SMILES string of the molecule is C/C(=C\S)c1ccc(O)cc1.C/C=C/CC.C=CN(/C=C\CC(=O)OC)Cc1cccs1.CC.CC1CCCCC1.CN. The highest BCUT2D eigenvalue weighted by molar-refractivity contribution is 7.83. The lowest BCUT2D eigenvalue weighted by molar-refractivity contribution is -0.139. The maximum absolute atomic E-state index is 10.9. The number of allylic oxidation sites excluding steroid dienone is 3. The van der Waals surface area contributed by atoms with E-state index < -0.39 is 0 Å². The number of thiol groups is 1. The number of esters is 1. The third kappa shape index (κ3) is 27.8. The zero-order valence-electron chi connectivity index (χ0n) is 28.1. The average molecular weight is 633 g/mol. The number of methoxy groups -OCH3 is 1. The molecule has 7 heteroatoms. The molecule has 43 heavy (non-hydrogen) atoms. The first kappa shape index (κ1) is 44.7. The molecule has 3 N–H and O–H groups in total. The van der Waals surface area contributed by atoms with E-state index in [1.807, 2.05) is 62.4 Å². The maximum Gasteiger partial charge on any atom is 0.309 e. The monoisotopic (exact) mass is 632 g/mol. The number of nitrogens with two attached hydrogens (primary N) is 1. The first-order valence-electron chi connectivity index (χ1n) is 15.2. The van der Waals surface area contributed by atoms with Crippen molar-refractivity contribution < 1.29 is 14.6 Å². The molecule has 0 unspecified atom stereocenters. The number of aromatic hydroxyl groups is 1. The van der Waals surface area contributed by atoms with Crippen molar-refractivity contribution in [1.82, 2.24) is 4.90 Å². The molecule has 0 atom stereocenters. The Kier molecular flexibility index (Phi) is 35.1. The van der Waals surface area contributed by atoms with E-state index in [-0.39, 0.29) is 12.4 Å². The Hall–Kier alpha value is -2.74. The zero-order valence-corrected chi connectivity index (χ0v) is 29.8. The number of nitrogens with zero attached hydrogens (tertiary/aromatic N) is 1. The highest BCUT2D eigenvalue weighted by Crippen LogP contribution is 2.22. The normalized spacial score (nSPS) is 12.4. The van der Waals surface area contributed by atoms with E-state index in [9.17, 15) is 4.79 Å². The number of phenolic OH excluding ortho intramolecular Hbond substituents is 1. The molecule has 1 heterocycles. The molecule has 1 aliphatic carbocycles. The Morgan fingerprint density at radius 2 is 1.74 bits per heavy atom. The number of ether oxygens (including phenoxy) is 1. The molecule has 2 aromatic rings. The summed E-state index contributed by atoms with van der Waals surface area (Å²) in [6.07, 6.45) is 18.4. The van der Waals surface area contributed by atoms with Crippen molar-refractivity contribution in [2.45, 2.75) is 93.0 Å². The van der Waals surface area contributed by atoms with Gasteiger partial charge in [0.2, 0.25) is 0 Å². The van der Waals surface area contributed by atoms with Gasteiger partial charge in [0.15, 0.2) is 0 Å². The molecule has 0 aliphatic heterocycles. The molecular weight excluding hydrogens is 573 g/mol. The van der Waals surface area contributed by atoms with Crippen molar-refractivity contribution >= 4 is 35.5 Å². The predicted molar refractivity (Wildman–Crippen MR) is 195 cm³/mol. The average Bonchev–Trinajstić information content (AvgIpc) is 3.57. The minimum absolute atomic E-state index is 0.239. The number of hydrogen-bond donors (Lipinski definition) is 3. The van der Waals surface area contributed by atoms with Crippen LogP contribution < -0.4 is 5.73 Å². The quantitative estimate of drug-likeness (QED) is 0.153. The predicted octanol–water partition coefficient (Wildman–Crippen LogP) is 10.6. The van der Waals surface area contributed by atoms with Gasteiger partial charge in [-0.05, 0) is 79.6 Å². The van der Waals surface area contributed by atoms with Gasteiger partial charge in [0, 0.05) is 11.1 Å². The molecule has 3 rings (SSSR count). The van der Waals surface area contributed by atoms with Crippen molar-refractivity contribution in [3.05, 3.63) is 94.8 Å². The van der Waals surface area contributed by atoms with Crippen LogP contribution in [0.2, 0.25) is 0 Å². The van der Waals surface area contributed by atoms with Crippen molar-refractivity contribution in [2.24, 2.45) is 11.7 Å². The smallest absolute Gasteiger partial charge is 0.309 e. The van der Waals surface area contributed by atoms with Gasteiger partial charge in [-0.25, -0.2) is 0 Å². The molecule has 1 aliphatic rings. The van der Waals surface area contributed by atoms with E-state index in [1.54, 1.807) is 41.2 Å². The van der Waals surface area contributed by atoms with Crippen molar-refractivity contribution in [3.8, 4) is 5.75 Å². The van der Waals surface area contributed by atoms with E-state index in [2.05, 4.69) is 61.7 Å². The van der Waals surface area contributed by atoms with Crippen LogP contribution in [-0.2, 0) is 16.1 Å². The summed E-state index contributed by atoms with van der Waals surface area (Å²) in [5, 5.41) is 12.8. The largest absolute Gasteiger partial charge is 0.508 e. The molecule has 0 bridgehead atoms. The summed E-state index contributed by atoms with van der Waals surface area (Å²) in [5.74, 6) is 1.09. The summed E-state index contributed by atoms with van der Waals surface area (Å²) in [7, 11) is 2.88. The second-order valence-electron chi connectivity index (χ2n) is 9.18. The van der Waals surface area contributed by atoms with E-state index in [0.717, 1.165) is 30.0 Å². The first-order valence-corrected chi connectivity index (χ1v) is 16.6. The molecule has 244 valence electrons. The Balaban J connectivity index is -0.000000514. The van der Waals surface area contributed by atoms with Gasteiger partial charge < -0.3 is 20.5 Å². The Morgan fingerprint density at radius 1 is 1.14 bits per heavy atom. The van der Waals surface area contributed by atoms with Crippen LogP contribution in [0.5, 0.6) is 5.75 Å². The van der Waals surface area contributed by atoms with Crippen LogP contribution in [0.1, 0.15) is 96.9 Å². The molecular formula is C36H60N2O3S2. The first-order chi connectivity index (χ1) is 20.8. The van der Waals surface area contributed by atoms with Crippen molar-refractivity contribution in [1.29, 1.82) is 0 Å². The highest BCUT2D eigenvalue weighted by Gasteiger charge is 2.06. The lowest BCUT2D eigenvalue weighted by atomic mass is 9.91. The van der Waals surface area contributed by atoms with Crippen LogP contribution in [0.15, 0.2) is 84.4 Å². The second kappa shape index (κ2) is 33.8. The standard InChI is InChI=1S/C12H15NO2S.C9H10OS.C7H14.C5H10.C2H6.CH5N/c1-3-13(8-4-7-12(14)15-2)10-11-6-5-9-16-11;1-7(6-11)8-2-4-9(10)5-3-8;1-7-5-3-2-4-6-7;1-3-5-4-2;2*1-2/h3-6,8-9H,1,7,10H2,2H3;2-6,10-11H,1H3;7H,2-6H2,1H3;3,5H,4H2,1-2H3;1-2H3;2H2,1H3/b8-4-;7-6+;;5-3+;;. The fourth-order valence-corrected chi connectivity index (χ4v) is 4.33. The number of rotatable bonds is 8. The van der Waals surface area contributed by atoms with Gasteiger partial charge in [0.1, 0.15) is 5.75 Å². The maximum atomic E-state index is 10.9. The Labute approximate surface area is 273 Å². The van der Waals surface area contributed by atoms with Gasteiger partial charge in [-0.2, -0.15) is 12.6 Å². The number of hydrogen-bond acceptors (Lipinski definition) is 7. The van der Waals surface area contributed by atoms with E-state index >= 15 is 0 Å². The topological polar surface area (TPSA) is 75.8 Å². The molecule has 0 radical (unpaired) electrons.